The predicted octanol–water partition coefficient (Wildman–Crippen LogP) is 4.47. The van der Waals surface area contributed by atoms with Gasteiger partial charge in [0.15, 0.2) is 6.04 Å². The molecule has 0 spiro atoms. The summed E-state index contributed by atoms with van der Waals surface area (Å²) in [5, 5.41) is 0. The molecule has 2 aromatic rings. The molecule has 1 heterocycles. The van der Waals surface area contributed by atoms with Crippen LogP contribution in [0.25, 0.3) is 0 Å². The van der Waals surface area contributed by atoms with Crippen LogP contribution in [0.15, 0.2) is 72.8 Å². The Morgan fingerprint density at radius 1 is 1.00 bits per heavy atom. The Morgan fingerprint density at radius 3 is 2.10 bits per heavy atom. The second-order valence-electron chi connectivity index (χ2n) is 5.46. The minimum Gasteiger partial charge on any atom is -0.306 e. The van der Waals surface area contributed by atoms with Gasteiger partial charge in [0, 0.05) is 23.8 Å². The fourth-order valence-corrected chi connectivity index (χ4v) is 3.02. The lowest BCUT2D eigenvalue weighted by Gasteiger charge is -2.28. The highest BCUT2D eigenvalue weighted by molar-refractivity contribution is 5.67. The van der Waals surface area contributed by atoms with Crippen LogP contribution in [0, 0.1) is 0 Å². The van der Waals surface area contributed by atoms with E-state index in [0.29, 0.717) is 6.04 Å². The fourth-order valence-electron chi connectivity index (χ4n) is 3.02. The highest BCUT2D eigenvalue weighted by Gasteiger charge is 2.27. The van der Waals surface area contributed by atoms with Gasteiger partial charge in [0.05, 0.1) is 0 Å². The third kappa shape index (κ3) is 2.97. The molecule has 1 atom stereocenters. The van der Waals surface area contributed by atoms with Gasteiger partial charge < -0.3 is 4.58 Å². The molecule has 0 fully saturated rings. The smallest absolute Gasteiger partial charge is 0.187 e. The van der Waals surface area contributed by atoms with Gasteiger partial charge in [-0.05, 0) is 6.42 Å². The third-order valence-electron chi connectivity index (χ3n) is 4.12. The summed E-state index contributed by atoms with van der Waals surface area (Å²) in [5.41, 5.74) is 2.65. The van der Waals surface area contributed by atoms with Gasteiger partial charge in [-0.25, -0.2) is 6.08 Å². The molecule has 0 N–H and O–H groups in total. The average Bonchev–Trinajstić information content (AvgIpc) is 2.58. The molecule has 3 rings (SSSR count). The van der Waals surface area contributed by atoms with E-state index in [1.165, 1.54) is 11.1 Å². The molecule has 0 radical (unpaired) electrons. The number of hydrogen-bond acceptors (Lipinski definition) is 0. The molecule has 1 heteroatoms. The highest BCUT2D eigenvalue weighted by Crippen LogP contribution is 2.29. The Kier molecular flexibility index (Phi) is 4.30. The molecule has 1 nitrogen and oxygen atoms in total. The lowest BCUT2D eigenvalue weighted by Crippen LogP contribution is -2.32. The van der Waals surface area contributed by atoms with E-state index >= 15 is 0 Å². The first-order chi connectivity index (χ1) is 10.4. The van der Waals surface area contributed by atoms with Crippen molar-refractivity contribution in [3.63, 3.8) is 0 Å². The largest absolute Gasteiger partial charge is 0.306 e. The summed E-state index contributed by atoms with van der Waals surface area (Å²) < 4.78 is 2.39. The van der Waals surface area contributed by atoms with E-state index in [2.05, 4.69) is 90.5 Å². The first-order valence-corrected chi connectivity index (χ1v) is 7.69. The van der Waals surface area contributed by atoms with E-state index < -0.39 is 0 Å². The standard InChI is InChI=1S/C20H21N/c1-2-19-15-9-10-16-21(19)20(17-11-5-3-6-12-17)18-13-7-4-8-14-18/h3-14,19-20H,2,15H2,1H3. The Balaban J connectivity index is 2.09. The molecular weight excluding hydrogens is 254 g/mol. The minimum absolute atomic E-state index is 0.238. The van der Waals surface area contributed by atoms with Crippen molar-refractivity contribution in [3.8, 4) is 0 Å². The number of benzene rings is 2. The van der Waals surface area contributed by atoms with E-state index in [1.807, 2.05) is 0 Å². The first-order valence-electron chi connectivity index (χ1n) is 7.69. The van der Waals surface area contributed by atoms with Gasteiger partial charge in [-0.1, -0.05) is 67.6 Å². The quantitative estimate of drug-likeness (QED) is 0.572. The summed E-state index contributed by atoms with van der Waals surface area (Å²) in [7, 11) is 0. The zero-order valence-electron chi connectivity index (χ0n) is 12.4. The second kappa shape index (κ2) is 6.53. The molecular formula is C20H21N. The molecule has 0 saturated carbocycles. The number of nitrogens with zero attached hydrogens (tertiary/aromatic N) is 1. The predicted molar refractivity (Wildman–Crippen MR) is 87.8 cm³/mol. The van der Waals surface area contributed by atoms with E-state index in [-0.39, 0.29) is 6.04 Å². The van der Waals surface area contributed by atoms with Crippen molar-refractivity contribution >= 4 is 6.21 Å². The maximum atomic E-state index is 3.47. The van der Waals surface area contributed by atoms with E-state index in [1.54, 1.807) is 0 Å². The SMILES string of the molecule is CCC1CC=C[C-]=[N+]1C(c1ccccc1)c1ccccc1. The maximum Gasteiger partial charge on any atom is 0.187 e. The summed E-state index contributed by atoms with van der Waals surface area (Å²) in [6.45, 7) is 2.26. The molecule has 0 aliphatic carbocycles. The summed E-state index contributed by atoms with van der Waals surface area (Å²) in [6, 6.07) is 22.2. The number of rotatable bonds is 4. The summed E-state index contributed by atoms with van der Waals surface area (Å²) in [6.07, 6.45) is 9.98. The normalized spacial score (nSPS) is 17.8. The van der Waals surface area contributed by atoms with Gasteiger partial charge in [-0.3, -0.25) is 0 Å². The van der Waals surface area contributed by atoms with Crippen LogP contribution < -0.4 is 0 Å². The van der Waals surface area contributed by atoms with Crippen molar-refractivity contribution in [1.29, 1.82) is 0 Å². The van der Waals surface area contributed by atoms with Crippen molar-refractivity contribution in [2.75, 3.05) is 0 Å². The Labute approximate surface area is 127 Å². The van der Waals surface area contributed by atoms with Crippen molar-refractivity contribution in [2.24, 2.45) is 0 Å². The summed E-state index contributed by atoms with van der Waals surface area (Å²) in [4.78, 5) is 0. The minimum atomic E-state index is 0.238. The van der Waals surface area contributed by atoms with Crippen molar-refractivity contribution in [3.05, 3.63) is 83.9 Å². The topological polar surface area (TPSA) is 3.01 Å². The molecule has 0 amide bonds. The highest BCUT2D eigenvalue weighted by atomic mass is 15.1. The molecule has 21 heavy (non-hydrogen) atoms. The van der Waals surface area contributed by atoms with Crippen LogP contribution in [0.2, 0.25) is 0 Å². The van der Waals surface area contributed by atoms with Crippen molar-refractivity contribution in [1.82, 2.24) is 0 Å². The molecule has 2 aromatic carbocycles. The van der Waals surface area contributed by atoms with Crippen LogP contribution in [0.5, 0.6) is 0 Å². The zero-order chi connectivity index (χ0) is 14.5. The third-order valence-corrected chi connectivity index (χ3v) is 4.12. The van der Waals surface area contributed by atoms with Crippen LogP contribution >= 0.6 is 0 Å². The molecule has 0 saturated heterocycles. The van der Waals surface area contributed by atoms with Crippen LogP contribution in [0.3, 0.4) is 0 Å². The second-order valence-corrected chi connectivity index (χ2v) is 5.46. The molecule has 1 aliphatic rings. The van der Waals surface area contributed by atoms with E-state index in [9.17, 15) is 0 Å². The molecule has 1 aliphatic heterocycles. The number of allylic oxidation sites excluding steroid dienone is 1. The Hall–Kier alpha value is -2.15. The summed E-state index contributed by atoms with van der Waals surface area (Å²) in [5.74, 6) is 0. The zero-order valence-corrected chi connectivity index (χ0v) is 12.4. The Morgan fingerprint density at radius 2 is 1.57 bits per heavy atom. The first kappa shape index (κ1) is 13.8. The Bertz CT molecular complexity index is 586. The number of hydrogen-bond donors (Lipinski definition) is 0. The lowest BCUT2D eigenvalue weighted by molar-refractivity contribution is -0.594. The van der Waals surface area contributed by atoms with Crippen LogP contribution in [-0.4, -0.2) is 16.8 Å². The van der Waals surface area contributed by atoms with E-state index in [0.717, 1.165) is 12.8 Å². The monoisotopic (exact) mass is 275 g/mol. The van der Waals surface area contributed by atoms with Gasteiger partial charge >= 0.3 is 0 Å². The summed E-state index contributed by atoms with van der Waals surface area (Å²) >= 11 is 0. The van der Waals surface area contributed by atoms with Crippen LogP contribution in [-0.2, 0) is 0 Å². The van der Waals surface area contributed by atoms with Gasteiger partial charge in [0.1, 0.15) is 6.04 Å². The van der Waals surface area contributed by atoms with Crippen molar-refractivity contribution < 1.29 is 4.58 Å². The average molecular weight is 275 g/mol. The van der Waals surface area contributed by atoms with Gasteiger partial charge in [-0.15, -0.1) is 0 Å². The fraction of sp³-hybridized carbons (Fsp3) is 0.250. The van der Waals surface area contributed by atoms with Crippen LogP contribution in [0.1, 0.15) is 36.9 Å². The molecule has 1 unspecified atom stereocenters. The maximum absolute atomic E-state index is 3.47. The van der Waals surface area contributed by atoms with Crippen molar-refractivity contribution in [2.45, 2.75) is 31.8 Å². The van der Waals surface area contributed by atoms with Gasteiger partial charge in [-0.2, -0.15) is 6.08 Å². The molecule has 0 bridgehead atoms. The lowest BCUT2D eigenvalue weighted by atomic mass is 9.95. The van der Waals surface area contributed by atoms with E-state index in [4.69, 9.17) is 0 Å². The van der Waals surface area contributed by atoms with Gasteiger partial charge in [0.2, 0.25) is 0 Å². The van der Waals surface area contributed by atoms with Crippen LogP contribution in [0.4, 0.5) is 0 Å². The molecule has 0 aromatic heterocycles. The van der Waals surface area contributed by atoms with Gasteiger partial charge in [0.25, 0.3) is 0 Å². The molecule has 106 valence electrons.